The largest absolute Gasteiger partial charge is 0.491 e. The van der Waals surface area contributed by atoms with Crippen molar-refractivity contribution in [2.75, 3.05) is 52.0 Å². The summed E-state index contributed by atoms with van der Waals surface area (Å²) in [4.78, 5) is 0. The van der Waals surface area contributed by atoms with Gasteiger partial charge in [-0.2, -0.15) is 0 Å². The molecular formula is C27H49NO4. The molecule has 5 nitrogen and oxygen atoms in total. The Labute approximate surface area is 197 Å². The number of nitrogen functional groups attached to an aromatic ring is 1. The fraction of sp³-hybridized carbons (Fsp3) is 0.778. The first-order valence-electron chi connectivity index (χ1n) is 13.0. The molecule has 0 bridgehead atoms. The van der Waals surface area contributed by atoms with Gasteiger partial charge in [-0.1, -0.05) is 84.0 Å². The molecule has 5 heteroatoms. The van der Waals surface area contributed by atoms with E-state index in [-0.39, 0.29) is 0 Å². The van der Waals surface area contributed by atoms with Crippen LogP contribution in [0.1, 0.15) is 90.4 Å². The Hall–Kier alpha value is -1.30. The van der Waals surface area contributed by atoms with Crippen LogP contribution in [0.15, 0.2) is 24.3 Å². The van der Waals surface area contributed by atoms with Crippen LogP contribution in [-0.2, 0) is 14.2 Å². The fourth-order valence-electron chi connectivity index (χ4n) is 3.55. The van der Waals surface area contributed by atoms with E-state index >= 15 is 0 Å². The molecule has 0 aliphatic carbocycles. The number of benzene rings is 1. The van der Waals surface area contributed by atoms with Crippen molar-refractivity contribution in [3.05, 3.63) is 24.3 Å². The summed E-state index contributed by atoms with van der Waals surface area (Å²) in [6.45, 7) is 6.65. The van der Waals surface area contributed by atoms with E-state index in [4.69, 9.17) is 24.7 Å². The molecule has 1 rings (SSSR count). The van der Waals surface area contributed by atoms with Crippen molar-refractivity contribution >= 4 is 5.69 Å². The van der Waals surface area contributed by atoms with E-state index in [9.17, 15) is 0 Å². The molecule has 1 aromatic carbocycles. The molecule has 0 heterocycles. The van der Waals surface area contributed by atoms with Crippen molar-refractivity contribution < 1.29 is 18.9 Å². The fourth-order valence-corrected chi connectivity index (χ4v) is 3.55. The van der Waals surface area contributed by atoms with Gasteiger partial charge in [0.15, 0.2) is 0 Å². The molecule has 0 saturated carbocycles. The highest BCUT2D eigenvalue weighted by atomic mass is 16.6. The maximum absolute atomic E-state index is 5.64. The minimum absolute atomic E-state index is 0.520. The summed E-state index contributed by atoms with van der Waals surface area (Å²) in [5.41, 5.74) is 6.37. The predicted octanol–water partition coefficient (Wildman–Crippen LogP) is 6.79. The van der Waals surface area contributed by atoms with Crippen LogP contribution in [0.3, 0.4) is 0 Å². The second-order valence-corrected chi connectivity index (χ2v) is 8.50. The van der Waals surface area contributed by atoms with E-state index < -0.39 is 0 Å². The van der Waals surface area contributed by atoms with Crippen molar-refractivity contribution in [1.82, 2.24) is 0 Å². The van der Waals surface area contributed by atoms with Crippen LogP contribution in [0.4, 0.5) is 5.69 Å². The number of unbranched alkanes of at least 4 members (excludes halogenated alkanes) is 12. The van der Waals surface area contributed by atoms with Crippen molar-refractivity contribution in [2.24, 2.45) is 0 Å². The van der Waals surface area contributed by atoms with E-state index in [1.54, 1.807) is 0 Å². The summed E-state index contributed by atoms with van der Waals surface area (Å²) >= 11 is 0. The van der Waals surface area contributed by atoms with E-state index in [1.165, 1.54) is 77.0 Å². The number of hydrogen-bond donors (Lipinski definition) is 1. The molecule has 32 heavy (non-hydrogen) atoms. The SMILES string of the molecule is CCCCCCCCCCCCCCCOCCOCCOCCOc1ccc(N)cc1. The average molecular weight is 452 g/mol. The van der Waals surface area contributed by atoms with Crippen LogP contribution in [0.2, 0.25) is 0 Å². The van der Waals surface area contributed by atoms with Crippen LogP contribution in [0.25, 0.3) is 0 Å². The van der Waals surface area contributed by atoms with E-state index in [0.29, 0.717) is 39.6 Å². The van der Waals surface area contributed by atoms with Gasteiger partial charge in [-0.3, -0.25) is 0 Å². The first kappa shape index (κ1) is 28.7. The van der Waals surface area contributed by atoms with Gasteiger partial charge in [0.2, 0.25) is 0 Å². The molecule has 0 aliphatic heterocycles. The van der Waals surface area contributed by atoms with Crippen molar-refractivity contribution in [3.63, 3.8) is 0 Å². The monoisotopic (exact) mass is 451 g/mol. The summed E-state index contributed by atoms with van der Waals surface area (Å²) in [5, 5.41) is 0. The smallest absolute Gasteiger partial charge is 0.119 e. The van der Waals surface area contributed by atoms with Gasteiger partial charge < -0.3 is 24.7 Å². The molecule has 0 fully saturated rings. The lowest BCUT2D eigenvalue weighted by atomic mass is 10.0. The molecule has 0 atom stereocenters. The minimum atomic E-state index is 0.520. The van der Waals surface area contributed by atoms with E-state index in [1.807, 2.05) is 24.3 Å². The number of rotatable bonds is 24. The second-order valence-electron chi connectivity index (χ2n) is 8.50. The maximum atomic E-state index is 5.64. The summed E-state index contributed by atoms with van der Waals surface area (Å²) in [6.07, 6.45) is 17.9. The molecule has 1 aromatic rings. The van der Waals surface area contributed by atoms with Crippen LogP contribution in [0.5, 0.6) is 5.75 Å². The van der Waals surface area contributed by atoms with Crippen molar-refractivity contribution in [1.29, 1.82) is 0 Å². The van der Waals surface area contributed by atoms with Gasteiger partial charge in [-0.25, -0.2) is 0 Å². The summed E-state index contributed by atoms with van der Waals surface area (Å²) < 4.78 is 22.2. The zero-order chi connectivity index (χ0) is 23.0. The Balaban J connectivity index is 1.67. The van der Waals surface area contributed by atoms with Gasteiger partial charge in [-0.05, 0) is 30.7 Å². The topological polar surface area (TPSA) is 62.9 Å². The third-order valence-electron chi connectivity index (χ3n) is 5.51. The predicted molar refractivity (Wildman–Crippen MR) is 135 cm³/mol. The minimum Gasteiger partial charge on any atom is -0.491 e. The Morgan fingerprint density at radius 2 is 0.906 bits per heavy atom. The quantitative estimate of drug-likeness (QED) is 0.138. The molecule has 0 amide bonds. The van der Waals surface area contributed by atoms with Gasteiger partial charge >= 0.3 is 0 Å². The number of nitrogens with two attached hydrogens (primary N) is 1. The van der Waals surface area contributed by atoms with Crippen LogP contribution in [-0.4, -0.2) is 46.2 Å². The lowest BCUT2D eigenvalue weighted by molar-refractivity contribution is 0.00878. The Morgan fingerprint density at radius 3 is 1.41 bits per heavy atom. The van der Waals surface area contributed by atoms with Gasteiger partial charge in [-0.15, -0.1) is 0 Å². The molecule has 0 aromatic heterocycles. The van der Waals surface area contributed by atoms with Crippen LogP contribution >= 0.6 is 0 Å². The third kappa shape index (κ3) is 19.4. The first-order valence-corrected chi connectivity index (χ1v) is 13.0. The number of ether oxygens (including phenoxy) is 4. The molecule has 0 aliphatic rings. The summed E-state index contributed by atoms with van der Waals surface area (Å²) in [5.74, 6) is 0.805. The van der Waals surface area contributed by atoms with Crippen molar-refractivity contribution in [2.45, 2.75) is 90.4 Å². The van der Waals surface area contributed by atoms with Crippen molar-refractivity contribution in [3.8, 4) is 5.75 Å². The molecule has 2 N–H and O–H groups in total. The highest BCUT2D eigenvalue weighted by Gasteiger charge is 1.96. The van der Waals surface area contributed by atoms with Gasteiger partial charge in [0.05, 0.1) is 33.0 Å². The Morgan fingerprint density at radius 1 is 0.500 bits per heavy atom. The van der Waals surface area contributed by atoms with E-state index in [0.717, 1.165) is 24.5 Å². The molecule has 0 spiro atoms. The van der Waals surface area contributed by atoms with Gasteiger partial charge in [0.25, 0.3) is 0 Å². The molecular weight excluding hydrogens is 402 g/mol. The average Bonchev–Trinajstić information content (AvgIpc) is 2.81. The van der Waals surface area contributed by atoms with E-state index in [2.05, 4.69) is 6.92 Å². The molecule has 0 radical (unpaired) electrons. The standard InChI is InChI=1S/C27H49NO4/c1-2-3-4-5-6-7-8-9-10-11-12-13-14-19-29-20-21-30-22-23-31-24-25-32-27-17-15-26(28)16-18-27/h15-18H,2-14,19-25,28H2,1H3. The first-order chi connectivity index (χ1) is 15.8. The third-order valence-corrected chi connectivity index (χ3v) is 5.51. The zero-order valence-electron chi connectivity index (χ0n) is 20.7. The second kappa shape index (κ2) is 22.9. The van der Waals surface area contributed by atoms with Crippen LogP contribution < -0.4 is 10.5 Å². The van der Waals surface area contributed by atoms with Gasteiger partial charge in [0.1, 0.15) is 12.4 Å². The lowest BCUT2D eigenvalue weighted by Crippen LogP contribution is -2.13. The maximum Gasteiger partial charge on any atom is 0.119 e. The summed E-state index contributed by atoms with van der Waals surface area (Å²) in [7, 11) is 0. The zero-order valence-corrected chi connectivity index (χ0v) is 20.7. The Bertz CT molecular complexity index is 495. The normalized spacial score (nSPS) is 11.2. The van der Waals surface area contributed by atoms with Crippen LogP contribution in [0, 0.1) is 0 Å². The highest BCUT2D eigenvalue weighted by Crippen LogP contribution is 2.13. The Kier molecular flexibility index (Phi) is 20.5. The molecule has 0 saturated heterocycles. The lowest BCUT2D eigenvalue weighted by Gasteiger charge is -2.08. The highest BCUT2D eigenvalue weighted by molar-refractivity contribution is 5.41. The van der Waals surface area contributed by atoms with Gasteiger partial charge in [0, 0.05) is 12.3 Å². The molecule has 186 valence electrons. The molecule has 0 unspecified atom stereocenters. The number of anilines is 1. The number of hydrogen-bond acceptors (Lipinski definition) is 5. The summed E-state index contributed by atoms with van der Waals surface area (Å²) in [6, 6.07) is 7.36.